The molecule has 5 heteroatoms. The van der Waals surface area contributed by atoms with E-state index in [0.29, 0.717) is 0 Å². The summed E-state index contributed by atoms with van der Waals surface area (Å²) in [6.45, 7) is 2.08. The van der Waals surface area contributed by atoms with Gasteiger partial charge in [-0.2, -0.15) is 0 Å². The zero-order valence-corrected chi connectivity index (χ0v) is 12.7. The van der Waals surface area contributed by atoms with Crippen molar-refractivity contribution in [1.29, 1.82) is 0 Å². The van der Waals surface area contributed by atoms with Gasteiger partial charge in [0.15, 0.2) is 11.4 Å². The van der Waals surface area contributed by atoms with E-state index in [1.54, 1.807) is 7.11 Å². The number of hydrogen-bond acceptors (Lipinski definition) is 5. The van der Waals surface area contributed by atoms with Crippen molar-refractivity contribution in [3.05, 3.63) is 34.8 Å². The Morgan fingerprint density at radius 1 is 1.45 bits per heavy atom. The Bertz CT molecular complexity index is 595. The van der Waals surface area contributed by atoms with Gasteiger partial charge in [-0.05, 0) is 18.6 Å². The average Bonchev–Trinajstić information content (AvgIpc) is 2.90. The van der Waals surface area contributed by atoms with Crippen molar-refractivity contribution in [3.63, 3.8) is 0 Å². The summed E-state index contributed by atoms with van der Waals surface area (Å²) >= 11 is 1.42. The van der Waals surface area contributed by atoms with E-state index in [1.807, 2.05) is 36.2 Å². The molecule has 2 rings (SSSR count). The van der Waals surface area contributed by atoms with Gasteiger partial charge in [-0.1, -0.05) is 30.7 Å². The van der Waals surface area contributed by atoms with Crippen LogP contribution in [0.5, 0.6) is 5.75 Å². The van der Waals surface area contributed by atoms with Crippen LogP contribution in [0.15, 0.2) is 24.3 Å². The van der Waals surface area contributed by atoms with E-state index in [1.165, 1.54) is 11.3 Å². The summed E-state index contributed by atoms with van der Waals surface area (Å²) in [6.07, 6.45) is 2.70. The Morgan fingerprint density at radius 2 is 2.25 bits per heavy atom. The topological polar surface area (TPSA) is 42.4 Å². The second-order valence-corrected chi connectivity index (χ2v) is 5.44. The quantitative estimate of drug-likeness (QED) is 0.761. The lowest BCUT2D eigenvalue weighted by Gasteiger charge is -2.16. The number of nitrogens with zero attached hydrogens (tertiary/aromatic N) is 2. The van der Waals surface area contributed by atoms with E-state index in [4.69, 9.17) is 4.74 Å². The summed E-state index contributed by atoms with van der Waals surface area (Å²) in [5.41, 5.74) is 1.87. The smallest absolute Gasteiger partial charge is 0.190 e. The van der Waals surface area contributed by atoms with Crippen LogP contribution in [0.3, 0.4) is 0 Å². The van der Waals surface area contributed by atoms with Crippen LogP contribution in [0.25, 0.3) is 0 Å². The highest BCUT2D eigenvalue weighted by Crippen LogP contribution is 2.31. The van der Waals surface area contributed by atoms with Gasteiger partial charge in [0, 0.05) is 18.8 Å². The van der Waals surface area contributed by atoms with Crippen molar-refractivity contribution in [2.24, 2.45) is 0 Å². The van der Waals surface area contributed by atoms with Crippen molar-refractivity contribution in [1.82, 2.24) is 4.98 Å². The van der Waals surface area contributed by atoms with Crippen molar-refractivity contribution < 1.29 is 9.53 Å². The predicted molar refractivity (Wildman–Crippen MR) is 82.6 cm³/mol. The number of methoxy groups -OCH3 is 1. The summed E-state index contributed by atoms with van der Waals surface area (Å²) in [4.78, 5) is 18.4. The second-order valence-electron chi connectivity index (χ2n) is 4.44. The predicted octanol–water partition coefficient (Wildman–Crippen LogP) is 3.68. The van der Waals surface area contributed by atoms with Crippen LogP contribution in [0.4, 0.5) is 10.8 Å². The van der Waals surface area contributed by atoms with Crippen LogP contribution in [0.2, 0.25) is 0 Å². The molecule has 0 aliphatic rings. The number of aldehydes is 1. The molecule has 1 heterocycles. The fourth-order valence-electron chi connectivity index (χ4n) is 1.93. The molecule has 0 unspecified atom stereocenters. The van der Waals surface area contributed by atoms with Crippen molar-refractivity contribution in [2.45, 2.75) is 19.8 Å². The van der Waals surface area contributed by atoms with Gasteiger partial charge in [0.2, 0.25) is 0 Å². The second kappa shape index (κ2) is 6.52. The van der Waals surface area contributed by atoms with Crippen LogP contribution >= 0.6 is 11.3 Å². The van der Waals surface area contributed by atoms with Crippen LogP contribution < -0.4 is 9.64 Å². The van der Waals surface area contributed by atoms with Gasteiger partial charge in [0.1, 0.15) is 5.75 Å². The van der Waals surface area contributed by atoms with Crippen molar-refractivity contribution >= 4 is 28.4 Å². The lowest BCUT2D eigenvalue weighted by molar-refractivity contribution is 0.112. The molecule has 0 aliphatic carbocycles. The summed E-state index contributed by atoms with van der Waals surface area (Å²) in [5, 5.41) is 0.823. The standard InChI is InChI=1S/C15H18N2O2S/c1-4-6-13-14(10-18)20-15(16-13)17(2)11-7-5-8-12(9-11)19-3/h5,7-10H,4,6H2,1-3H3. The number of anilines is 2. The van der Waals surface area contributed by atoms with Crippen LogP contribution in [0.1, 0.15) is 28.7 Å². The first-order chi connectivity index (χ1) is 9.69. The molecule has 1 aromatic heterocycles. The Balaban J connectivity index is 2.32. The number of hydrogen-bond donors (Lipinski definition) is 0. The third-order valence-corrected chi connectivity index (χ3v) is 4.14. The van der Waals surface area contributed by atoms with Gasteiger partial charge in [0.05, 0.1) is 17.7 Å². The van der Waals surface area contributed by atoms with Gasteiger partial charge in [-0.25, -0.2) is 4.98 Å². The van der Waals surface area contributed by atoms with Crippen molar-refractivity contribution in [3.8, 4) is 5.75 Å². The maximum Gasteiger partial charge on any atom is 0.190 e. The number of carbonyl (C=O) groups is 1. The molecule has 0 saturated heterocycles. The number of rotatable bonds is 6. The van der Waals surface area contributed by atoms with E-state index in [-0.39, 0.29) is 0 Å². The van der Waals surface area contributed by atoms with Crippen LogP contribution in [0, 0.1) is 0 Å². The normalized spacial score (nSPS) is 10.3. The van der Waals surface area contributed by atoms with Gasteiger partial charge in [-0.15, -0.1) is 0 Å². The maximum atomic E-state index is 11.1. The van der Waals surface area contributed by atoms with Crippen LogP contribution in [-0.4, -0.2) is 25.4 Å². The Kier molecular flexibility index (Phi) is 4.74. The van der Waals surface area contributed by atoms with E-state index >= 15 is 0 Å². The molecule has 0 atom stereocenters. The molecule has 0 aliphatic heterocycles. The molecule has 0 spiro atoms. The fourth-order valence-corrected chi connectivity index (χ4v) is 2.84. The first-order valence-corrected chi connectivity index (χ1v) is 7.34. The number of thiazole rings is 1. The first kappa shape index (κ1) is 14.5. The highest BCUT2D eigenvalue weighted by Gasteiger charge is 2.14. The van der Waals surface area contributed by atoms with E-state index in [2.05, 4.69) is 11.9 Å². The van der Waals surface area contributed by atoms with Crippen LogP contribution in [-0.2, 0) is 6.42 Å². The SMILES string of the molecule is CCCc1nc(N(C)c2cccc(OC)c2)sc1C=O. The number of aromatic nitrogens is 1. The van der Waals surface area contributed by atoms with Gasteiger partial charge in [-0.3, -0.25) is 4.79 Å². The van der Waals surface area contributed by atoms with Gasteiger partial charge in [0.25, 0.3) is 0 Å². The zero-order valence-electron chi connectivity index (χ0n) is 11.9. The van der Waals surface area contributed by atoms with E-state index in [9.17, 15) is 4.79 Å². The summed E-state index contributed by atoms with van der Waals surface area (Å²) in [7, 11) is 3.59. The van der Waals surface area contributed by atoms with Gasteiger partial charge < -0.3 is 9.64 Å². The molecule has 1 aromatic carbocycles. The summed E-state index contributed by atoms with van der Waals surface area (Å²) in [5.74, 6) is 0.801. The summed E-state index contributed by atoms with van der Waals surface area (Å²) < 4.78 is 5.23. The molecule has 2 aromatic rings. The monoisotopic (exact) mass is 290 g/mol. The molecule has 20 heavy (non-hydrogen) atoms. The van der Waals surface area contributed by atoms with E-state index < -0.39 is 0 Å². The Labute approximate surface area is 123 Å². The maximum absolute atomic E-state index is 11.1. The molecule has 0 fully saturated rings. The largest absolute Gasteiger partial charge is 0.497 e. The highest BCUT2D eigenvalue weighted by atomic mass is 32.1. The molecular formula is C15H18N2O2S. The molecule has 106 valence electrons. The molecule has 0 N–H and O–H groups in total. The Morgan fingerprint density at radius 3 is 2.90 bits per heavy atom. The third kappa shape index (κ3) is 2.99. The minimum atomic E-state index is 0.719. The highest BCUT2D eigenvalue weighted by molar-refractivity contribution is 7.17. The summed E-state index contributed by atoms with van der Waals surface area (Å²) in [6, 6.07) is 7.77. The number of carbonyl (C=O) groups excluding carboxylic acids is 1. The number of benzene rings is 1. The molecular weight excluding hydrogens is 272 g/mol. The third-order valence-electron chi connectivity index (χ3n) is 3.04. The minimum absolute atomic E-state index is 0.719. The number of aryl methyl sites for hydroxylation is 1. The molecule has 4 nitrogen and oxygen atoms in total. The van der Waals surface area contributed by atoms with Gasteiger partial charge >= 0.3 is 0 Å². The number of ether oxygens (including phenoxy) is 1. The molecule has 0 amide bonds. The average molecular weight is 290 g/mol. The Hall–Kier alpha value is -1.88. The van der Waals surface area contributed by atoms with Crippen molar-refractivity contribution in [2.75, 3.05) is 19.1 Å². The van der Waals surface area contributed by atoms with E-state index in [0.717, 1.165) is 46.3 Å². The molecule has 0 radical (unpaired) electrons. The molecule has 0 bridgehead atoms. The zero-order chi connectivity index (χ0) is 14.5. The molecule has 0 saturated carbocycles. The minimum Gasteiger partial charge on any atom is -0.497 e. The lowest BCUT2D eigenvalue weighted by atomic mass is 10.2. The lowest BCUT2D eigenvalue weighted by Crippen LogP contribution is -2.09. The first-order valence-electron chi connectivity index (χ1n) is 6.52. The fraction of sp³-hybridized carbons (Fsp3) is 0.333.